The Hall–Kier alpha value is -0.830. The molecule has 0 aromatic heterocycles. The highest BCUT2D eigenvalue weighted by Crippen LogP contribution is 2.35. The third-order valence-corrected chi connectivity index (χ3v) is 3.52. The Morgan fingerprint density at radius 3 is 2.12 bits per heavy atom. The first-order chi connectivity index (χ1) is 7.65. The van der Waals surface area contributed by atoms with Crippen molar-refractivity contribution in [1.29, 1.82) is 0 Å². The zero-order valence-corrected chi connectivity index (χ0v) is 10.5. The van der Waals surface area contributed by atoms with Crippen LogP contribution in [0.4, 0.5) is 0 Å². The number of aromatic hydroxyl groups is 1. The molecule has 2 aromatic rings. The van der Waals surface area contributed by atoms with Crippen molar-refractivity contribution in [3.8, 4) is 5.75 Å². The van der Waals surface area contributed by atoms with Crippen molar-refractivity contribution < 1.29 is 5.11 Å². The molecule has 0 aliphatic rings. The van der Waals surface area contributed by atoms with Crippen molar-refractivity contribution in [2.24, 2.45) is 0 Å². The van der Waals surface area contributed by atoms with E-state index in [1.807, 2.05) is 24.3 Å². The molecule has 0 spiro atoms. The normalized spacial score (nSPS) is 10.4. The zero-order chi connectivity index (χ0) is 11.5. The number of rotatable bonds is 2. The molecule has 0 bridgehead atoms. The second kappa shape index (κ2) is 5.00. The van der Waals surface area contributed by atoms with E-state index in [1.54, 1.807) is 12.1 Å². The topological polar surface area (TPSA) is 20.2 Å². The molecule has 0 amide bonds. The SMILES string of the molecule is Oc1cc(Cl)ccc1Sc1ccc(Cl)cc1. The molecule has 0 heterocycles. The molecule has 0 saturated carbocycles. The van der Waals surface area contributed by atoms with Crippen LogP contribution in [0.3, 0.4) is 0 Å². The molecular formula is C12H8Cl2OS. The van der Waals surface area contributed by atoms with Crippen molar-refractivity contribution in [2.45, 2.75) is 9.79 Å². The first-order valence-electron chi connectivity index (χ1n) is 4.57. The van der Waals surface area contributed by atoms with E-state index < -0.39 is 0 Å². The highest BCUT2D eigenvalue weighted by Gasteiger charge is 2.04. The summed E-state index contributed by atoms with van der Waals surface area (Å²) >= 11 is 13.0. The fourth-order valence-corrected chi connectivity index (χ4v) is 2.32. The monoisotopic (exact) mass is 270 g/mol. The van der Waals surface area contributed by atoms with Crippen molar-refractivity contribution >= 4 is 35.0 Å². The molecular weight excluding hydrogens is 263 g/mol. The van der Waals surface area contributed by atoms with Gasteiger partial charge in [0.15, 0.2) is 0 Å². The van der Waals surface area contributed by atoms with Gasteiger partial charge in [0.05, 0.1) is 4.90 Å². The molecule has 0 saturated heterocycles. The molecule has 2 rings (SSSR count). The minimum atomic E-state index is 0.187. The summed E-state index contributed by atoms with van der Waals surface area (Å²) in [6, 6.07) is 12.5. The van der Waals surface area contributed by atoms with Crippen LogP contribution in [0.1, 0.15) is 0 Å². The Morgan fingerprint density at radius 2 is 1.50 bits per heavy atom. The minimum absolute atomic E-state index is 0.187. The van der Waals surface area contributed by atoms with Crippen LogP contribution < -0.4 is 0 Å². The number of hydrogen-bond acceptors (Lipinski definition) is 2. The Morgan fingerprint density at radius 1 is 0.875 bits per heavy atom. The molecule has 82 valence electrons. The molecule has 0 atom stereocenters. The Kier molecular flexibility index (Phi) is 3.64. The maximum Gasteiger partial charge on any atom is 0.130 e. The second-order valence-corrected chi connectivity index (χ2v) is 5.16. The average Bonchev–Trinajstić information content (AvgIpc) is 2.25. The van der Waals surface area contributed by atoms with Crippen molar-refractivity contribution in [3.05, 3.63) is 52.5 Å². The van der Waals surface area contributed by atoms with E-state index in [1.165, 1.54) is 17.8 Å². The molecule has 0 radical (unpaired) electrons. The van der Waals surface area contributed by atoms with Gasteiger partial charge in [-0.1, -0.05) is 35.0 Å². The maximum atomic E-state index is 9.68. The number of hydrogen-bond donors (Lipinski definition) is 1. The molecule has 0 unspecified atom stereocenters. The number of halogens is 2. The number of benzene rings is 2. The quantitative estimate of drug-likeness (QED) is 0.842. The van der Waals surface area contributed by atoms with Crippen LogP contribution in [0.5, 0.6) is 5.75 Å². The predicted molar refractivity (Wildman–Crippen MR) is 68.7 cm³/mol. The summed E-state index contributed by atoms with van der Waals surface area (Å²) in [7, 11) is 0. The van der Waals surface area contributed by atoms with Crippen LogP contribution in [-0.4, -0.2) is 5.11 Å². The van der Waals surface area contributed by atoms with Gasteiger partial charge in [0, 0.05) is 14.9 Å². The lowest BCUT2D eigenvalue weighted by Crippen LogP contribution is -1.75. The summed E-state index contributed by atoms with van der Waals surface area (Å²) in [6.07, 6.45) is 0. The van der Waals surface area contributed by atoms with Crippen molar-refractivity contribution in [2.75, 3.05) is 0 Å². The number of phenols is 1. The van der Waals surface area contributed by atoms with Gasteiger partial charge in [-0.3, -0.25) is 0 Å². The largest absolute Gasteiger partial charge is 0.507 e. The number of phenolic OH excluding ortho intramolecular Hbond substituents is 1. The summed E-state index contributed by atoms with van der Waals surface area (Å²) in [5, 5.41) is 10.9. The van der Waals surface area contributed by atoms with Crippen LogP contribution in [0.25, 0.3) is 0 Å². The lowest BCUT2D eigenvalue weighted by Gasteiger charge is -2.04. The third-order valence-electron chi connectivity index (χ3n) is 1.96. The highest BCUT2D eigenvalue weighted by atomic mass is 35.5. The van der Waals surface area contributed by atoms with Crippen LogP contribution in [-0.2, 0) is 0 Å². The smallest absolute Gasteiger partial charge is 0.130 e. The minimum Gasteiger partial charge on any atom is -0.507 e. The fraction of sp³-hybridized carbons (Fsp3) is 0. The molecule has 0 aliphatic carbocycles. The summed E-state index contributed by atoms with van der Waals surface area (Å²) in [5.74, 6) is 0.187. The van der Waals surface area contributed by atoms with E-state index in [2.05, 4.69) is 0 Å². The van der Waals surface area contributed by atoms with Gasteiger partial charge in [-0.2, -0.15) is 0 Å². The van der Waals surface area contributed by atoms with Gasteiger partial charge >= 0.3 is 0 Å². The average molecular weight is 271 g/mol. The zero-order valence-electron chi connectivity index (χ0n) is 8.15. The summed E-state index contributed by atoms with van der Waals surface area (Å²) in [4.78, 5) is 1.79. The molecule has 4 heteroatoms. The van der Waals surface area contributed by atoms with Gasteiger partial charge in [-0.25, -0.2) is 0 Å². The van der Waals surface area contributed by atoms with Crippen LogP contribution >= 0.6 is 35.0 Å². The lowest BCUT2D eigenvalue weighted by atomic mass is 10.3. The van der Waals surface area contributed by atoms with E-state index in [-0.39, 0.29) is 5.75 Å². The lowest BCUT2D eigenvalue weighted by molar-refractivity contribution is 0.462. The van der Waals surface area contributed by atoms with E-state index in [0.29, 0.717) is 10.0 Å². The maximum absolute atomic E-state index is 9.68. The van der Waals surface area contributed by atoms with Gasteiger partial charge in [-0.05, 0) is 42.5 Å². The second-order valence-electron chi connectivity index (χ2n) is 3.17. The standard InChI is InChI=1S/C12H8Cl2OS/c13-8-1-4-10(5-2-8)16-12-6-3-9(14)7-11(12)15/h1-7,15H. The molecule has 0 aliphatic heterocycles. The molecule has 16 heavy (non-hydrogen) atoms. The molecule has 0 fully saturated rings. The van der Waals surface area contributed by atoms with Crippen LogP contribution in [0, 0.1) is 0 Å². The van der Waals surface area contributed by atoms with Gasteiger partial charge in [0.2, 0.25) is 0 Å². The van der Waals surface area contributed by atoms with Crippen LogP contribution in [0.15, 0.2) is 52.3 Å². The van der Waals surface area contributed by atoms with E-state index in [0.717, 1.165) is 9.79 Å². The molecule has 2 aromatic carbocycles. The Labute approximate surface area is 108 Å². The summed E-state index contributed by atoms with van der Waals surface area (Å²) < 4.78 is 0. The highest BCUT2D eigenvalue weighted by molar-refractivity contribution is 7.99. The van der Waals surface area contributed by atoms with Gasteiger partial charge in [-0.15, -0.1) is 0 Å². The van der Waals surface area contributed by atoms with E-state index in [4.69, 9.17) is 23.2 Å². The third kappa shape index (κ3) is 2.85. The van der Waals surface area contributed by atoms with Gasteiger partial charge in [0.1, 0.15) is 5.75 Å². The Bertz CT molecular complexity index is 497. The predicted octanol–water partition coefficient (Wildman–Crippen LogP) is 4.85. The van der Waals surface area contributed by atoms with Crippen LogP contribution in [0.2, 0.25) is 10.0 Å². The summed E-state index contributed by atoms with van der Waals surface area (Å²) in [6.45, 7) is 0. The summed E-state index contributed by atoms with van der Waals surface area (Å²) in [5.41, 5.74) is 0. The van der Waals surface area contributed by atoms with E-state index in [9.17, 15) is 5.11 Å². The van der Waals surface area contributed by atoms with Crippen molar-refractivity contribution in [1.82, 2.24) is 0 Å². The molecule has 1 N–H and O–H groups in total. The van der Waals surface area contributed by atoms with Crippen molar-refractivity contribution in [3.63, 3.8) is 0 Å². The van der Waals surface area contributed by atoms with E-state index >= 15 is 0 Å². The van der Waals surface area contributed by atoms with Gasteiger partial charge < -0.3 is 5.11 Å². The first-order valence-corrected chi connectivity index (χ1v) is 6.14. The van der Waals surface area contributed by atoms with Gasteiger partial charge in [0.25, 0.3) is 0 Å². The molecule has 1 nitrogen and oxygen atoms in total. The fourth-order valence-electron chi connectivity index (χ4n) is 1.21. The Balaban J connectivity index is 2.23. The first kappa shape index (κ1) is 11.6.